The van der Waals surface area contributed by atoms with E-state index in [2.05, 4.69) is 0 Å². The van der Waals surface area contributed by atoms with Crippen LogP contribution in [-0.4, -0.2) is 29.3 Å². The van der Waals surface area contributed by atoms with Crippen LogP contribution in [0.1, 0.15) is 26.2 Å². The summed E-state index contributed by atoms with van der Waals surface area (Å²) in [5, 5.41) is 0. The van der Waals surface area contributed by atoms with Gasteiger partial charge in [-0.25, -0.2) is 0 Å². The number of nitrogens with two attached hydrogens (primary N) is 1. The Kier molecular flexibility index (Phi) is 4.77. The molecule has 1 unspecified atom stereocenters. The topological polar surface area (TPSA) is 63.4 Å². The predicted molar refractivity (Wildman–Crippen MR) is 51.5 cm³/mol. The third-order valence-corrected chi connectivity index (χ3v) is 2.20. The van der Waals surface area contributed by atoms with Gasteiger partial charge in [-0.3, -0.25) is 9.59 Å². The first-order valence-corrected chi connectivity index (χ1v) is 4.25. The van der Waals surface area contributed by atoms with Crippen molar-refractivity contribution in [3.63, 3.8) is 0 Å². The van der Waals surface area contributed by atoms with E-state index < -0.39 is 5.91 Å². The van der Waals surface area contributed by atoms with Crippen molar-refractivity contribution in [1.29, 1.82) is 0 Å². The van der Waals surface area contributed by atoms with E-state index in [9.17, 15) is 9.59 Å². The quantitative estimate of drug-likeness (QED) is 0.722. The van der Waals surface area contributed by atoms with Crippen molar-refractivity contribution < 1.29 is 9.59 Å². The number of hydrogen-bond donors (Lipinski definition) is 1. The van der Waals surface area contributed by atoms with E-state index in [1.165, 1.54) is 0 Å². The van der Waals surface area contributed by atoms with Crippen LogP contribution >= 0.6 is 12.4 Å². The lowest BCUT2D eigenvalue weighted by atomic mass is 10.2. The van der Waals surface area contributed by atoms with Crippen LogP contribution < -0.4 is 5.73 Å². The second kappa shape index (κ2) is 5.07. The number of hydrogen-bond acceptors (Lipinski definition) is 2. The average molecular weight is 207 g/mol. The van der Waals surface area contributed by atoms with Crippen LogP contribution in [0.15, 0.2) is 0 Å². The molecule has 0 bridgehead atoms. The number of primary amides is 1. The van der Waals surface area contributed by atoms with Crippen molar-refractivity contribution in [3.8, 4) is 0 Å². The molecule has 0 aliphatic carbocycles. The van der Waals surface area contributed by atoms with Crippen molar-refractivity contribution >= 4 is 24.2 Å². The summed E-state index contributed by atoms with van der Waals surface area (Å²) < 4.78 is 0. The van der Waals surface area contributed by atoms with Gasteiger partial charge in [-0.05, 0) is 12.8 Å². The second-order valence-corrected chi connectivity index (χ2v) is 3.02. The first kappa shape index (κ1) is 12.2. The van der Waals surface area contributed by atoms with Gasteiger partial charge in [0.15, 0.2) is 0 Å². The van der Waals surface area contributed by atoms with Gasteiger partial charge in [0.25, 0.3) is 0 Å². The molecule has 76 valence electrons. The van der Waals surface area contributed by atoms with Crippen LogP contribution in [0.4, 0.5) is 0 Å². The molecule has 1 fully saturated rings. The molecule has 13 heavy (non-hydrogen) atoms. The van der Waals surface area contributed by atoms with E-state index in [-0.39, 0.29) is 24.4 Å². The van der Waals surface area contributed by atoms with Crippen molar-refractivity contribution in [1.82, 2.24) is 4.90 Å². The van der Waals surface area contributed by atoms with Crippen LogP contribution in [0.2, 0.25) is 0 Å². The van der Waals surface area contributed by atoms with Crippen LogP contribution in [0.5, 0.6) is 0 Å². The molecule has 1 heterocycles. The molecule has 0 saturated carbocycles. The summed E-state index contributed by atoms with van der Waals surface area (Å²) in [5.41, 5.74) is 5.16. The Morgan fingerprint density at radius 3 is 2.62 bits per heavy atom. The highest BCUT2D eigenvalue weighted by atomic mass is 35.5. The van der Waals surface area contributed by atoms with Crippen molar-refractivity contribution in [3.05, 3.63) is 0 Å². The first-order valence-electron chi connectivity index (χ1n) is 4.25. The molecule has 0 aromatic carbocycles. The predicted octanol–water partition coefficient (Wildman–Crippen LogP) is 0.295. The Labute approximate surface area is 83.9 Å². The molecule has 2 amide bonds. The number of nitrogens with zero attached hydrogens (tertiary/aromatic N) is 1. The van der Waals surface area contributed by atoms with Gasteiger partial charge in [0.05, 0.1) is 0 Å². The third kappa shape index (κ3) is 2.59. The average Bonchev–Trinajstić information content (AvgIpc) is 2.38. The SMILES string of the molecule is CCC(C(N)=O)N1CCCC1=O.Cl. The molecule has 1 aliphatic rings. The molecule has 0 spiro atoms. The molecule has 5 heteroatoms. The molecule has 0 aromatic heterocycles. The fourth-order valence-corrected chi connectivity index (χ4v) is 1.57. The lowest BCUT2D eigenvalue weighted by Crippen LogP contribution is -2.44. The van der Waals surface area contributed by atoms with Crippen LogP contribution in [0.3, 0.4) is 0 Å². The summed E-state index contributed by atoms with van der Waals surface area (Å²) >= 11 is 0. The molecule has 1 rings (SSSR count). The van der Waals surface area contributed by atoms with Gasteiger partial charge in [-0.1, -0.05) is 6.92 Å². The number of halogens is 1. The molecular formula is C8H15ClN2O2. The summed E-state index contributed by atoms with van der Waals surface area (Å²) in [4.78, 5) is 23.7. The van der Waals surface area contributed by atoms with Crippen molar-refractivity contribution in [2.75, 3.05) is 6.54 Å². The molecule has 0 aromatic rings. The standard InChI is InChI=1S/C8H14N2O2.ClH/c1-2-6(8(9)12)10-5-3-4-7(10)11;/h6H,2-5H2,1H3,(H2,9,12);1H. The van der Waals surface area contributed by atoms with Gasteiger partial charge < -0.3 is 10.6 Å². The molecule has 1 saturated heterocycles. The first-order chi connectivity index (χ1) is 5.66. The fourth-order valence-electron chi connectivity index (χ4n) is 1.57. The van der Waals surface area contributed by atoms with E-state index in [0.29, 0.717) is 19.4 Å². The van der Waals surface area contributed by atoms with Crippen LogP contribution in [0.25, 0.3) is 0 Å². The van der Waals surface area contributed by atoms with E-state index in [1.807, 2.05) is 6.92 Å². The highest BCUT2D eigenvalue weighted by Crippen LogP contribution is 2.15. The third-order valence-electron chi connectivity index (χ3n) is 2.20. The maximum atomic E-state index is 11.2. The molecule has 1 atom stereocenters. The maximum Gasteiger partial charge on any atom is 0.240 e. The number of carbonyl (C=O) groups excluding carboxylic acids is 2. The number of carbonyl (C=O) groups is 2. The Bertz CT molecular complexity index is 208. The minimum absolute atomic E-state index is 0. The largest absolute Gasteiger partial charge is 0.368 e. The van der Waals surface area contributed by atoms with E-state index in [1.54, 1.807) is 4.90 Å². The minimum atomic E-state index is -0.396. The zero-order valence-electron chi connectivity index (χ0n) is 7.66. The summed E-state index contributed by atoms with van der Waals surface area (Å²) in [7, 11) is 0. The Balaban J connectivity index is 0.00000144. The zero-order valence-corrected chi connectivity index (χ0v) is 8.47. The Morgan fingerprint density at radius 1 is 1.69 bits per heavy atom. The van der Waals surface area contributed by atoms with Gasteiger partial charge in [-0.15, -0.1) is 12.4 Å². The summed E-state index contributed by atoms with van der Waals surface area (Å²) in [6.45, 7) is 2.54. The fraction of sp³-hybridized carbons (Fsp3) is 0.750. The van der Waals surface area contributed by atoms with Gasteiger partial charge in [-0.2, -0.15) is 0 Å². The maximum absolute atomic E-state index is 11.2. The zero-order chi connectivity index (χ0) is 9.14. The van der Waals surface area contributed by atoms with Gasteiger partial charge in [0, 0.05) is 13.0 Å². The lowest BCUT2D eigenvalue weighted by Gasteiger charge is -2.23. The monoisotopic (exact) mass is 206 g/mol. The van der Waals surface area contributed by atoms with Crippen LogP contribution in [0, 0.1) is 0 Å². The molecular weight excluding hydrogens is 192 g/mol. The molecule has 1 aliphatic heterocycles. The van der Waals surface area contributed by atoms with Gasteiger partial charge in [0.1, 0.15) is 6.04 Å². The summed E-state index contributed by atoms with van der Waals surface area (Å²) in [6, 6.07) is -0.389. The second-order valence-electron chi connectivity index (χ2n) is 3.02. The highest BCUT2D eigenvalue weighted by Gasteiger charge is 2.29. The molecule has 2 N–H and O–H groups in total. The van der Waals surface area contributed by atoms with Gasteiger partial charge in [0.2, 0.25) is 11.8 Å². The minimum Gasteiger partial charge on any atom is -0.368 e. The normalized spacial score (nSPS) is 18.2. The smallest absolute Gasteiger partial charge is 0.240 e. The van der Waals surface area contributed by atoms with Gasteiger partial charge >= 0.3 is 0 Å². The summed E-state index contributed by atoms with van der Waals surface area (Å²) in [6.07, 6.45) is 2.02. The van der Waals surface area contributed by atoms with E-state index >= 15 is 0 Å². The number of amides is 2. The Morgan fingerprint density at radius 2 is 2.31 bits per heavy atom. The molecule has 4 nitrogen and oxygen atoms in total. The summed E-state index contributed by atoms with van der Waals surface area (Å²) in [5.74, 6) is -0.339. The highest BCUT2D eigenvalue weighted by molar-refractivity contribution is 5.87. The number of likely N-dealkylation sites (tertiary alicyclic amines) is 1. The van der Waals surface area contributed by atoms with Crippen molar-refractivity contribution in [2.45, 2.75) is 32.2 Å². The molecule has 0 radical (unpaired) electrons. The van der Waals surface area contributed by atoms with Crippen LogP contribution in [-0.2, 0) is 9.59 Å². The van der Waals surface area contributed by atoms with Crippen molar-refractivity contribution in [2.24, 2.45) is 5.73 Å². The lowest BCUT2D eigenvalue weighted by molar-refractivity contribution is -0.136. The van der Waals surface area contributed by atoms with E-state index in [0.717, 1.165) is 6.42 Å². The van der Waals surface area contributed by atoms with E-state index in [4.69, 9.17) is 5.73 Å². The number of rotatable bonds is 3. The Hall–Kier alpha value is -0.770.